The Hall–Kier alpha value is -2.94. The van der Waals surface area contributed by atoms with Crippen LogP contribution in [0.25, 0.3) is 0 Å². The van der Waals surface area contributed by atoms with E-state index in [4.69, 9.17) is 5.73 Å². The fourth-order valence-corrected chi connectivity index (χ4v) is 3.53. The summed E-state index contributed by atoms with van der Waals surface area (Å²) in [5.74, 6) is -0.0140. The molecule has 1 aliphatic heterocycles. The van der Waals surface area contributed by atoms with Crippen molar-refractivity contribution in [2.24, 2.45) is 5.73 Å². The van der Waals surface area contributed by atoms with Crippen molar-refractivity contribution in [3.8, 4) is 0 Å². The lowest BCUT2D eigenvalue weighted by atomic mass is 10.0. The highest BCUT2D eigenvalue weighted by Crippen LogP contribution is 2.20. The number of carbonyl (C=O) groups is 2. The van der Waals surface area contributed by atoms with Gasteiger partial charge in [0.1, 0.15) is 6.04 Å². The maximum atomic E-state index is 12.7. The number of H-pyrrole nitrogens is 2. The van der Waals surface area contributed by atoms with Crippen LogP contribution < -0.4 is 16.7 Å². The molecule has 0 aliphatic carbocycles. The largest absolute Gasteiger partial charge is 0.345 e. The van der Waals surface area contributed by atoms with Crippen molar-refractivity contribution in [2.75, 3.05) is 6.54 Å². The van der Waals surface area contributed by atoms with Gasteiger partial charge < -0.3 is 16.0 Å². The van der Waals surface area contributed by atoms with Gasteiger partial charge in [0, 0.05) is 19.0 Å². The second kappa shape index (κ2) is 8.83. The molecule has 0 bridgehead atoms. The number of carbonyl (C=O) groups excluding carboxylic acids is 2. The zero-order valence-electron chi connectivity index (χ0n) is 15.9. The molecule has 2 heterocycles. The Balaban J connectivity index is 1.56. The van der Waals surface area contributed by atoms with E-state index in [-0.39, 0.29) is 24.3 Å². The molecule has 1 fully saturated rings. The van der Waals surface area contributed by atoms with Crippen molar-refractivity contribution in [1.29, 1.82) is 0 Å². The summed E-state index contributed by atoms with van der Waals surface area (Å²) < 4.78 is 0. The van der Waals surface area contributed by atoms with Crippen molar-refractivity contribution < 1.29 is 9.59 Å². The van der Waals surface area contributed by atoms with Gasteiger partial charge >= 0.3 is 5.69 Å². The predicted molar refractivity (Wildman–Crippen MR) is 103 cm³/mol. The molecule has 1 aliphatic rings. The highest BCUT2D eigenvalue weighted by atomic mass is 16.2. The van der Waals surface area contributed by atoms with Gasteiger partial charge in [-0.3, -0.25) is 14.6 Å². The van der Waals surface area contributed by atoms with Gasteiger partial charge in [0.05, 0.1) is 6.04 Å². The van der Waals surface area contributed by atoms with E-state index < -0.39 is 17.8 Å². The molecule has 5 N–H and O–H groups in total. The second-order valence-electron chi connectivity index (χ2n) is 7.19. The number of nitrogens with one attached hydrogen (secondary N) is 3. The number of hydrogen-bond acceptors (Lipinski definition) is 5. The minimum atomic E-state index is -0.524. The zero-order chi connectivity index (χ0) is 20.1. The van der Waals surface area contributed by atoms with Crippen LogP contribution in [0.4, 0.5) is 0 Å². The van der Waals surface area contributed by atoms with Gasteiger partial charge in [0.25, 0.3) is 0 Å². The lowest BCUT2D eigenvalue weighted by Gasteiger charge is -2.26. The van der Waals surface area contributed by atoms with Crippen LogP contribution in [0, 0.1) is 0 Å². The number of aromatic amines is 2. The van der Waals surface area contributed by atoms with E-state index in [9.17, 15) is 14.4 Å². The number of amides is 2. The van der Waals surface area contributed by atoms with Crippen LogP contribution in [0.3, 0.4) is 0 Å². The van der Waals surface area contributed by atoms with E-state index in [0.29, 0.717) is 25.2 Å². The molecule has 28 heavy (non-hydrogen) atoms. The topological polar surface area (TPSA) is 137 Å². The van der Waals surface area contributed by atoms with Crippen molar-refractivity contribution >= 4 is 11.8 Å². The van der Waals surface area contributed by atoms with Crippen molar-refractivity contribution in [3.63, 3.8) is 0 Å². The molecule has 2 amide bonds. The van der Waals surface area contributed by atoms with E-state index >= 15 is 0 Å². The number of aromatic nitrogens is 3. The molecular formula is C19H26N6O3. The first-order valence-electron chi connectivity index (χ1n) is 9.48. The third kappa shape index (κ3) is 4.86. The minimum absolute atomic E-state index is 0.109. The fraction of sp³-hybridized carbons (Fsp3) is 0.474. The summed E-state index contributed by atoms with van der Waals surface area (Å²) in [7, 11) is 0. The Morgan fingerprint density at radius 2 is 2.11 bits per heavy atom. The third-order valence-corrected chi connectivity index (χ3v) is 4.94. The summed E-state index contributed by atoms with van der Waals surface area (Å²) in [6, 6.07) is 8.50. The molecular weight excluding hydrogens is 360 g/mol. The van der Waals surface area contributed by atoms with Crippen LogP contribution in [-0.2, 0) is 16.0 Å². The number of nitrogens with two attached hydrogens (primary N) is 1. The molecule has 1 aromatic carbocycles. The summed E-state index contributed by atoms with van der Waals surface area (Å²) in [4.78, 5) is 40.7. The van der Waals surface area contributed by atoms with Crippen LogP contribution >= 0.6 is 0 Å². The maximum absolute atomic E-state index is 12.7. The molecule has 1 saturated heterocycles. The number of benzene rings is 1. The van der Waals surface area contributed by atoms with Crippen LogP contribution in [0.2, 0.25) is 0 Å². The number of likely N-dealkylation sites (tertiary alicyclic amines) is 1. The molecule has 0 spiro atoms. The smallest absolute Gasteiger partial charge is 0.340 e. The predicted octanol–water partition coefficient (Wildman–Crippen LogP) is 0.226. The summed E-state index contributed by atoms with van der Waals surface area (Å²) in [5.41, 5.74) is 6.82. The monoisotopic (exact) mass is 386 g/mol. The first-order valence-corrected chi connectivity index (χ1v) is 9.48. The van der Waals surface area contributed by atoms with Gasteiger partial charge in [0.2, 0.25) is 11.8 Å². The Labute approximate surface area is 162 Å². The second-order valence-corrected chi connectivity index (χ2v) is 7.19. The average molecular weight is 386 g/mol. The molecule has 0 saturated carbocycles. The summed E-state index contributed by atoms with van der Waals surface area (Å²) in [6.45, 7) is 2.27. The Morgan fingerprint density at radius 1 is 1.36 bits per heavy atom. The first kappa shape index (κ1) is 19.8. The van der Waals surface area contributed by atoms with Crippen LogP contribution in [0.15, 0.2) is 35.1 Å². The Bertz CT molecular complexity index is 862. The first-order chi connectivity index (χ1) is 13.4. The average Bonchev–Trinajstić information content (AvgIpc) is 3.31. The fourth-order valence-electron chi connectivity index (χ4n) is 3.53. The van der Waals surface area contributed by atoms with Crippen LogP contribution in [0.5, 0.6) is 0 Å². The van der Waals surface area contributed by atoms with E-state index in [2.05, 4.69) is 20.5 Å². The number of rotatable bonds is 7. The van der Waals surface area contributed by atoms with Gasteiger partial charge in [-0.05, 0) is 31.7 Å². The van der Waals surface area contributed by atoms with Crippen LogP contribution in [0.1, 0.15) is 43.6 Å². The summed E-state index contributed by atoms with van der Waals surface area (Å²) >= 11 is 0. The SMILES string of the molecule is CC(NC(=O)[C@@H]1CCCN1C(=O)C[C@H](N)Cc1ccccc1)c1n[nH]c(=O)[nH]1. The number of nitrogens with zero attached hydrogens (tertiary/aromatic N) is 2. The zero-order valence-corrected chi connectivity index (χ0v) is 15.9. The molecule has 9 nitrogen and oxygen atoms in total. The molecule has 150 valence electrons. The molecule has 3 atom stereocenters. The van der Waals surface area contributed by atoms with E-state index in [1.54, 1.807) is 11.8 Å². The normalized spacial score (nSPS) is 18.6. The van der Waals surface area contributed by atoms with Gasteiger partial charge in [-0.2, -0.15) is 5.10 Å². The minimum Gasteiger partial charge on any atom is -0.345 e. The van der Waals surface area contributed by atoms with Crippen molar-refractivity contribution in [3.05, 3.63) is 52.2 Å². The van der Waals surface area contributed by atoms with Crippen LogP contribution in [-0.4, -0.2) is 50.5 Å². The Morgan fingerprint density at radius 3 is 2.79 bits per heavy atom. The summed E-state index contributed by atoms with van der Waals surface area (Å²) in [5, 5.41) is 8.91. The molecule has 2 aromatic rings. The number of hydrogen-bond donors (Lipinski definition) is 4. The molecule has 3 rings (SSSR count). The molecule has 9 heteroatoms. The highest BCUT2D eigenvalue weighted by molar-refractivity contribution is 5.88. The van der Waals surface area contributed by atoms with Gasteiger partial charge in [-0.15, -0.1) is 0 Å². The van der Waals surface area contributed by atoms with Gasteiger partial charge in [0.15, 0.2) is 5.82 Å². The highest BCUT2D eigenvalue weighted by Gasteiger charge is 2.35. The van der Waals surface area contributed by atoms with Gasteiger partial charge in [-0.25, -0.2) is 9.89 Å². The molecule has 0 radical (unpaired) electrons. The van der Waals surface area contributed by atoms with E-state index in [1.165, 1.54) is 0 Å². The molecule has 1 unspecified atom stereocenters. The summed E-state index contributed by atoms with van der Waals surface area (Å²) in [6.07, 6.45) is 2.18. The standard InChI is InChI=1S/C19H26N6O3/c1-12(17-22-19(28)24-23-17)21-18(27)15-8-5-9-25(15)16(26)11-14(20)10-13-6-3-2-4-7-13/h2-4,6-7,12,14-15H,5,8-11,20H2,1H3,(H,21,27)(H2,22,23,24,28)/t12?,14-,15+/m1/s1. The molecule has 1 aromatic heterocycles. The van der Waals surface area contributed by atoms with E-state index in [1.807, 2.05) is 30.3 Å². The Kier molecular flexibility index (Phi) is 6.25. The van der Waals surface area contributed by atoms with Crippen molar-refractivity contribution in [2.45, 2.75) is 50.7 Å². The third-order valence-electron chi connectivity index (χ3n) is 4.94. The lowest BCUT2D eigenvalue weighted by molar-refractivity contribution is -0.139. The van der Waals surface area contributed by atoms with Crippen molar-refractivity contribution in [1.82, 2.24) is 25.4 Å². The van der Waals surface area contributed by atoms with E-state index in [0.717, 1.165) is 12.0 Å². The quantitative estimate of drug-likeness (QED) is 0.540. The lowest BCUT2D eigenvalue weighted by Crippen LogP contribution is -2.47. The maximum Gasteiger partial charge on any atom is 0.340 e. The van der Waals surface area contributed by atoms with Gasteiger partial charge in [-0.1, -0.05) is 30.3 Å².